The van der Waals surface area contributed by atoms with Crippen LogP contribution in [-0.2, 0) is 9.59 Å². The van der Waals surface area contributed by atoms with Gasteiger partial charge in [-0.3, -0.25) is 9.59 Å². The Labute approximate surface area is 160 Å². The zero-order valence-corrected chi connectivity index (χ0v) is 15.6. The summed E-state index contributed by atoms with van der Waals surface area (Å²) in [5, 5.41) is 7.14. The molecule has 0 unspecified atom stereocenters. The largest absolute Gasteiger partial charge is 0.355 e. The van der Waals surface area contributed by atoms with Crippen molar-refractivity contribution in [1.29, 1.82) is 0 Å². The summed E-state index contributed by atoms with van der Waals surface area (Å²) in [7, 11) is 0. The summed E-state index contributed by atoms with van der Waals surface area (Å²) in [6.45, 7) is 0.251. The average Bonchev–Trinajstić information content (AvgIpc) is 3.10. The molecule has 1 aliphatic carbocycles. The normalized spacial score (nSPS) is 14.7. The third-order valence-corrected chi connectivity index (χ3v) is 5.35. The molecule has 5 nitrogen and oxygen atoms in total. The molecule has 1 fully saturated rings. The van der Waals surface area contributed by atoms with Gasteiger partial charge in [-0.15, -0.1) is 11.3 Å². The third kappa shape index (κ3) is 5.09. The van der Waals surface area contributed by atoms with Gasteiger partial charge in [0.05, 0.1) is 11.3 Å². The lowest BCUT2D eigenvalue weighted by atomic mass is 9.89. The van der Waals surface area contributed by atoms with Crippen LogP contribution in [0.2, 0.25) is 0 Å². The first-order valence-corrected chi connectivity index (χ1v) is 9.90. The first kappa shape index (κ1) is 19.4. The minimum atomic E-state index is -0.705. The minimum Gasteiger partial charge on any atom is -0.355 e. The van der Waals surface area contributed by atoms with E-state index in [0.717, 1.165) is 49.2 Å². The van der Waals surface area contributed by atoms with Crippen LogP contribution in [-0.4, -0.2) is 23.3 Å². The molecule has 0 saturated heterocycles. The molecule has 0 spiro atoms. The molecule has 3 rings (SSSR count). The van der Waals surface area contributed by atoms with Gasteiger partial charge < -0.3 is 10.6 Å². The van der Waals surface area contributed by atoms with E-state index in [1.54, 1.807) is 0 Å². The summed E-state index contributed by atoms with van der Waals surface area (Å²) < 4.78 is 27.6. The van der Waals surface area contributed by atoms with Gasteiger partial charge in [0, 0.05) is 24.3 Å². The van der Waals surface area contributed by atoms with Crippen molar-refractivity contribution in [1.82, 2.24) is 10.3 Å². The van der Waals surface area contributed by atoms with Crippen molar-refractivity contribution in [2.24, 2.45) is 5.92 Å². The highest BCUT2D eigenvalue weighted by molar-refractivity contribution is 7.14. The SMILES string of the molecule is O=C(CCNC(=O)C1CCCCC1)Nc1nc(-c2c(F)cccc2F)cs1. The number of benzene rings is 1. The third-order valence-electron chi connectivity index (χ3n) is 4.60. The molecule has 0 atom stereocenters. The maximum atomic E-state index is 13.8. The number of carbonyl (C=O) groups excluding carboxylic acids is 2. The molecule has 0 bridgehead atoms. The van der Waals surface area contributed by atoms with E-state index in [2.05, 4.69) is 15.6 Å². The summed E-state index contributed by atoms with van der Waals surface area (Å²) in [6, 6.07) is 3.60. The highest BCUT2D eigenvalue weighted by atomic mass is 32.1. The molecule has 8 heteroatoms. The molecule has 144 valence electrons. The van der Waals surface area contributed by atoms with Crippen LogP contribution in [0.4, 0.5) is 13.9 Å². The number of carbonyl (C=O) groups is 2. The van der Waals surface area contributed by atoms with Crippen molar-refractivity contribution in [3.8, 4) is 11.3 Å². The second-order valence-electron chi connectivity index (χ2n) is 6.56. The van der Waals surface area contributed by atoms with Crippen molar-refractivity contribution in [2.45, 2.75) is 38.5 Å². The van der Waals surface area contributed by atoms with Crippen molar-refractivity contribution in [3.63, 3.8) is 0 Å². The Hall–Kier alpha value is -2.35. The maximum absolute atomic E-state index is 13.8. The highest BCUT2D eigenvalue weighted by Gasteiger charge is 2.21. The number of nitrogens with one attached hydrogen (secondary N) is 2. The van der Waals surface area contributed by atoms with Crippen molar-refractivity contribution >= 4 is 28.3 Å². The van der Waals surface area contributed by atoms with Crippen LogP contribution in [0.25, 0.3) is 11.3 Å². The Kier molecular flexibility index (Phi) is 6.49. The van der Waals surface area contributed by atoms with Gasteiger partial charge in [0.1, 0.15) is 11.6 Å². The average molecular weight is 393 g/mol. The number of hydrogen-bond donors (Lipinski definition) is 2. The Bertz CT molecular complexity index is 799. The smallest absolute Gasteiger partial charge is 0.227 e. The van der Waals surface area contributed by atoms with Gasteiger partial charge in [0.2, 0.25) is 11.8 Å². The summed E-state index contributed by atoms with van der Waals surface area (Å²) in [5.74, 6) is -1.66. The number of amides is 2. The molecule has 27 heavy (non-hydrogen) atoms. The van der Waals surface area contributed by atoms with Gasteiger partial charge >= 0.3 is 0 Å². The number of hydrogen-bond acceptors (Lipinski definition) is 4. The summed E-state index contributed by atoms with van der Waals surface area (Å²) in [5.41, 5.74) is -0.0782. The minimum absolute atomic E-state index is 0.00839. The monoisotopic (exact) mass is 393 g/mol. The molecule has 0 radical (unpaired) electrons. The zero-order chi connectivity index (χ0) is 19.2. The van der Waals surface area contributed by atoms with Gasteiger partial charge in [-0.05, 0) is 25.0 Å². The van der Waals surface area contributed by atoms with E-state index < -0.39 is 11.6 Å². The molecule has 1 aromatic carbocycles. The molecule has 1 heterocycles. The molecule has 1 aromatic heterocycles. The number of thiazole rings is 1. The lowest BCUT2D eigenvalue weighted by Gasteiger charge is -2.20. The molecule has 2 amide bonds. The summed E-state index contributed by atoms with van der Waals surface area (Å²) in [6.07, 6.45) is 5.26. The first-order valence-electron chi connectivity index (χ1n) is 9.02. The molecule has 1 aliphatic rings. The van der Waals surface area contributed by atoms with E-state index in [1.165, 1.54) is 17.9 Å². The quantitative estimate of drug-likeness (QED) is 0.776. The Balaban J connectivity index is 1.49. The van der Waals surface area contributed by atoms with Gasteiger partial charge in [-0.2, -0.15) is 0 Å². The van der Waals surface area contributed by atoms with Crippen molar-refractivity contribution in [2.75, 3.05) is 11.9 Å². The lowest BCUT2D eigenvalue weighted by molar-refractivity contribution is -0.126. The van der Waals surface area contributed by atoms with Crippen LogP contribution in [0.5, 0.6) is 0 Å². The molecular weight excluding hydrogens is 372 g/mol. The molecule has 2 N–H and O–H groups in total. The van der Waals surface area contributed by atoms with E-state index in [-0.39, 0.29) is 47.1 Å². The maximum Gasteiger partial charge on any atom is 0.227 e. The highest BCUT2D eigenvalue weighted by Crippen LogP contribution is 2.29. The van der Waals surface area contributed by atoms with Crippen LogP contribution in [0.3, 0.4) is 0 Å². The molecule has 1 saturated carbocycles. The van der Waals surface area contributed by atoms with Crippen LogP contribution < -0.4 is 10.6 Å². The van der Waals surface area contributed by atoms with E-state index in [9.17, 15) is 18.4 Å². The second-order valence-corrected chi connectivity index (χ2v) is 7.42. The first-order chi connectivity index (χ1) is 13.0. The van der Waals surface area contributed by atoms with Crippen LogP contribution in [0.1, 0.15) is 38.5 Å². The van der Waals surface area contributed by atoms with Gasteiger partial charge in [0.25, 0.3) is 0 Å². The summed E-state index contributed by atoms with van der Waals surface area (Å²) >= 11 is 1.09. The predicted octanol–water partition coefficient (Wildman–Crippen LogP) is 4.11. The lowest BCUT2D eigenvalue weighted by Crippen LogP contribution is -2.34. The van der Waals surface area contributed by atoms with Crippen molar-refractivity contribution < 1.29 is 18.4 Å². The van der Waals surface area contributed by atoms with E-state index in [4.69, 9.17) is 0 Å². The summed E-state index contributed by atoms with van der Waals surface area (Å²) in [4.78, 5) is 28.1. The fraction of sp³-hybridized carbons (Fsp3) is 0.421. The predicted molar refractivity (Wildman–Crippen MR) is 100 cm³/mol. The number of aromatic nitrogens is 1. The van der Waals surface area contributed by atoms with Gasteiger partial charge in [0.15, 0.2) is 5.13 Å². The van der Waals surface area contributed by atoms with Gasteiger partial charge in [-0.1, -0.05) is 25.3 Å². The fourth-order valence-corrected chi connectivity index (χ4v) is 3.90. The van der Waals surface area contributed by atoms with Crippen LogP contribution in [0.15, 0.2) is 23.6 Å². The van der Waals surface area contributed by atoms with E-state index >= 15 is 0 Å². The Morgan fingerprint density at radius 2 is 1.85 bits per heavy atom. The van der Waals surface area contributed by atoms with E-state index in [0.29, 0.717) is 0 Å². The fourth-order valence-electron chi connectivity index (χ4n) is 3.18. The topological polar surface area (TPSA) is 71.1 Å². The van der Waals surface area contributed by atoms with Gasteiger partial charge in [-0.25, -0.2) is 13.8 Å². The Morgan fingerprint density at radius 1 is 1.15 bits per heavy atom. The number of nitrogens with zero attached hydrogens (tertiary/aromatic N) is 1. The molecular formula is C19H21F2N3O2S. The number of anilines is 1. The zero-order valence-electron chi connectivity index (χ0n) is 14.8. The Morgan fingerprint density at radius 3 is 2.56 bits per heavy atom. The van der Waals surface area contributed by atoms with E-state index in [1.807, 2.05) is 0 Å². The molecule has 2 aromatic rings. The number of rotatable bonds is 6. The molecule has 0 aliphatic heterocycles. The second kappa shape index (κ2) is 9.03. The number of halogens is 2. The van der Waals surface area contributed by atoms with Crippen LogP contribution in [0, 0.1) is 17.6 Å². The standard InChI is InChI=1S/C19H21F2N3O2S/c20-13-7-4-8-14(21)17(13)15-11-27-19(23-15)24-16(25)9-10-22-18(26)12-5-2-1-3-6-12/h4,7-8,11-12H,1-3,5-6,9-10H2,(H,22,26)(H,23,24,25). The van der Waals surface area contributed by atoms with Crippen molar-refractivity contribution in [3.05, 3.63) is 35.2 Å². The van der Waals surface area contributed by atoms with Crippen LogP contribution >= 0.6 is 11.3 Å².